The molecule has 0 spiro atoms. The number of terminal acetylenes is 1. The third-order valence-corrected chi connectivity index (χ3v) is 1.24. The molecule has 0 aliphatic carbocycles. The monoisotopic (exact) mass is 171 g/mol. The molecule has 0 aromatic carbocycles. The first-order chi connectivity index (χ1) is 5.85. The molecule has 12 heavy (non-hydrogen) atoms. The van der Waals surface area contributed by atoms with Gasteiger partial charge in [-0.15, -0.1) is 6.42 Å². The van der Waals surface area contributed by atoms with Gasteiger partial charge in [0.05, 0.1) is 6.54 Å². The molecular weight excluding hydrogens is 154 g/mol. The topological polar surface area (TPSA) is 30.5 Å². The van der Waals surface area contributed by atoms with Gasteiger partial charge in [0.2, 0.25) is 0 Å². The highest BCUT2D eigenvalue weighted by Gasteiger charge is 2.05. The van der Waals surface area contributed by atoms with E-state index in [9.17, 15) is 0 Å². The predicted molar refractivity (Wildman–Crippen MR) is 48.7 cm³/mol. The zero-order valence-corrected chi connectivity index (χ0v) is 7.80. The van der Waals surface area contributed by atoms with Crippen molar-refractivity contribution in [3.63, 3.8) is 0 Å². The summed E-state index contributed by atoms with van der Waals surface area (Å²) in [4.78, 5) is 0. The van der Waals surface area contributed by atoms with Crippen molar-refractivity contribution < 1.29 is 9.47 Å². The van der Waals surface area contributed by atoms with Crippen molar-refractivity contribution in [3.05, 3.63) is 0 Å². The molecule has 3 nitrogen and oxygen atoms in total. The number of rotatable bonds is 7. The predicted octanol–water partition coefficient (Wildman–Crippen LogP) is 0.608. The van der Waals surface area contributed by atoms with Gasteiger partial charge >= 0.3 is 0 Å². The molecule has 0 aromatic heterocycles. The fraction of sp³-hybridized carbons (Fsp3) is 0.778. The van der Waals surface area contributed by atoms with E-state index in [1.54, 1.807) is 0 Å². The average Bonchev–Trinajstić information content (AvgIpc) is 2.06. The largest absolute Gasteiger partial charge is 0.352 e. The third kappa shape index (κ3) is 6.17. The number of hydrogen-bond donors (Lipinski definition) is 1. The van der Waals surface area contributed by atoms with E-state index < -0.39 is 0 Å². The molecular formula is C9H17NO2. The van der Waals surface area contributed by atoms with Crippen LogP contribution in [0.1, 0.15) is 13.8 Å². The van der Waals surface area contributed by atoms with Gasteiger partial charge < -0.3 is 14.8 Å². The Hall–Kier alpha value is -0.560. The van der Waals surface area contributed by atoms with Gasteiger partial charge in [-0.25, -0.2) is 0 Å². The van der Waals surface area contributed by atoms with Crippen LogP contribution in [-0.4, -0.2) is 32.6 Å². The summed E-state index contributed by atoms with van der Waals surface area (Å²) in [7, 11) is 0. The maximum atomic E-state index is 5.28. The zero-order valence-electron chi connectivity index (χ0n) is 7.80. The lowest BCUT2D eigenvalue weighted by Gasteiger charge is -2.16. The summed E-state index contributed by atoms with van der Waals surface area (Å²) >= 11 is 0. The summed E-state index contributed by atoms with van der Waals surface area (Å²) < 4.78 is 10.6. The van der Waals surface area contributed by atoms with Crippen molar-refractivity contribution in [3.8, 4) is 12.3 Å². The quantitative estimate of drug-likeness (QED) is 0.346. The molecule has 0 radical (unpaired) electrons. The van der Waals surface area contributed by atoms with Crippen LogP contribution in [0.2, 0.25) is 0 Å². The first kappa shape index (κ1) is 11.4. The molecule has 3 heteroatoms. The lowest BCUT2D eigenvalue weighted by molar-refractivity contribution is -0.132. The third-order valence-electron chi connectivity index (χ3n) is 1.24. The zero-order chi connectivity index (χ0) is 9.23. The van der Waals surface area contributed by atoms with Crippen molar-refractivity contribution in [1.29, 1.82) is 0 Å². The van der Waals surface area contributed by atoms with Gasteiger partial charge in [0, 0.05) is 19.8 Å². The molecule has 0 aliphatic rings. The van der Waals surface area contributed by atoms with Crippen molar-refractivity contribution in [2.45, 2.75) is 20.1 Å². The van der Waals surface area contributed by atoms with Crippen molar-refractivity contribution in [1.82, 2.24) is 5.32 Å². The van der Waals surface area contributed by atoms with Crippen LogP contribution < -0.4 is 5.32 Å². The van der Waals surface area contributed by atoms with E-state index in [-0.39, 0.29) is 6.29 Å². The normalized spacial score (nSPS) is 10.2. The second kappa shape index (κ2) is 8.54. The Morgan fingerprint density at radius 1 is 1.33 bits per heavy atom. The molecule has 0 bridgehead atoms. The fourth-order valence-electron chi connectivity index (χ4n) is 0.800. The second-order valence-corrected chi connectivity index (χ2v) is 2.18. The van der Waals surface area contributed by atoms with Crippen LogP contribution in [0, 0.1) is 12.3 Å². The standard InChI is InChI=1S/C9H17NO2/c1-4-7-10-8-9(11-5-2)12-6-3/h1,9-10H,5-8H2,2-3H3. The first-order valence-electron chi connectivity index (χ1n) is 4.22. The van der Waals surface area contributed by atoms with Gasteiger partial charge in [-0.1, -0.05) is 5.92 Å². The number of nitrogens with one attached hydrogen (secondary N) is 1. The first-order valence-corrected chi connectivity index (χ1v) is 4.22. The molecule has 0 amide bonds. The second-order valence-electron chi connectivity index (χ2n) is 2.18. The summed E-state index contributed by atoms with van der Waals surface area (Å²) in [6, 6.07) is 0. The Morgan fingerprint density at radius 3 is 2.33 bits per heavy atom. The van der Waals surface area contributed by atoms with Gasteiger partial charge in [0.25, 0.3) is 0 Å². The summed E-state index contributed by atoms with van der Waals surface area (Å²) in [6.07, 6.45) is 4.90. The Balaban J connectivity index is 3.42. The summed E-state index contributed by atoms with van der Waals surface area (Å²) in [5.74, 6) is 2.49. The molecule has 1 N–H and O–H groups in total. The molecule has 0 heterocycles. The van der Waals surface area contributed by atoms with Gasteiger partial charge in [-0.2, -0.15) is 0 Å². The van der Waals surface area contributed by atoms with Crippen LogP contribution in [-0.2, 0) is 9.47 Å². The number of ether oxygens (including phenoxy) is 2. The molecule has 70 valence electrons. The van der Waals surface area contributed by atoms with Gasteiger partial charge in [0.15, 0.2) is 6.29 Å². The van der Waals surface area contributed by atoms with E-state index in [1.165, 1.54) is 0 Å². The van der Waals surface area contributed by atoms with Crippen LogP contribution in [0.4, 0.5) is 0 Å². The molecule has 0 unspecified atom stereocenters. The summed E-state index contributed by atoms with van der Waals surface area (Å²) in [6.45, 7) is 6.38. The lowest BCUT2D eigenvalue weighted by atomic mass is 10.5. The van der Waals surface area contributed by atoms with Crippen LogP contribution in [0.3, 0.4) is 0 Å². The smallest absolute Gasteiger partial charge is 0.169 e. The molecule has 0 saturated heterocycles. The van der Waals surface area contributed by atoms with Crippen LogP contribution >= 0.6 is 0 Å². The number of hydrogen-bond acceptors (Lipinski definition) is 3. The van der Waals surface area contributed by atoms with E-state index in [2.05, 4.69) is 11.2 Å². The fourth-order valence-corrected chi connectivity index (χ4v) is 0.800. The molecule has 0 aliphatic heterocycles. The van der Waals surface area contributed by atoms with E-state index in [4.69, 9.17) is 15.9 Å². The van der Waals surface area contributed by atoms with Gasteiger partial charge in [-0.05, 0) is 13.8 Å². The molecule has 0 atom stereocenters. The van der Waals surface area contributed by atoms with E-state index in [0.29, 0.717) is 26.3 Å². The Morgan fingerprint density at radius 2 is 1.92 bits per heavy atom. The van der Waals surface area contributed by atoms with Crippen molar-refractivity contribution in [2.75, 3.05) is 26.3 Å². The van der Waals surface area contributed by atoms with Gasteiger partial charge in [0.1, 0.15) is 0 Å². The van der Waals surface area contributed by atoms with Crippen LogP contribution in [0.15, 0.2) is 0 Å². The van der Waals surface area contributed by atoms with Gasteiger partial charge in [-0.3, -0.25) is 0 Å². The highest BCUT2D eigenvalue weighted by molar-refractivity contribution is 4.86. The highest BCUT2D eigenvalue weighted by atomic mass is 16.7. The Kier molecular flexibility index (Phi) is 8.14. The van der Waals surface area contributed by atoms with E-state index in [0.717, 1.165) is 0 Å². The van der Waals surface area contributed by atoms with Crippen molar-refractivity contribution >= 4 is 0 Å². The molecule has 0 aromatic rings. The van der Waals surface area contributed by atoms with E-state index >= 15 is 0 Å². The maximum absolute atomic E-state index is 5.28. The minimum Gasteiger partial charge on any atom is -0.352 e. The molecule has 0 saturated carbocycles. The SMILES string of the molecule is C#CCNCC(OCC)OCC. The van der Waals surface area contributed by atoms with Crippen LogP contribution in [0.5, 0.6) is 0 Å². The minimum atomic E-state index is -0.173. The average molecular weight is 171 g/mol. The minimum absolute atomic E-state index is 0.173. The summed E-state index contributed by atoms with van der Waals surface area (Å²) in [5.41, 5.74) is 0. The van der Waals surface area contributed by atoms with Crippen molar-refractivity contribution in [2.24, 2.45) is 0 Å². The Labute approximate surface area is 74.4 Å². The highest BCUT2D eigenvalue weighted by Crippen LogP contribution is 1.92. The maximum Gasteiger partial charge on any atom is 0.169 e. The molecule has 0 fully saturated rings. The summed E-state index contributed by atoms with van der Waals surface area (Å²) in [5, 5.41) is 3.02. The Bertz CT molecular complexity index is 125. The lowest BCUT2D eigenvalue weighted by Crippen LogP contribution is -2.31. The van der Waals surface area contributed by atoms with E-state index in [1.807, 2.05) is 13.8 Å². The molecule has 0 rings (SSSR count). The van der Waals surface area contributed by atoms with Crippen LogP contribution in [0.25, 0.3) is 0 Å².